The molecule has 0 atom stereocenters. The second-order valence-corrected chi connectivity index (χ2v) is 7.24. The number of carbonyl (C=O) groups excluding carboxylic acids is 1. The molecule has 1 amide bonds. The van der Waals surface area contributed by atoms with Crippen molar-refractivity contribution < 1.29 is 17.5 Å². The Morgan fingerprint density at radius 3 is 1.86 bits per heavy atom. The van der Waals surface area contributed by atoms with E-state index in [1.807, 2.05) is 5.48 Å². The molecule has 0 aromatic heterocycles. The molecule has 22 heavy (non-hydrogen) atoms. The molecule has 0 bridgehead atoms. The van der Waals surface area contributed by atoms with E-state index in [0.717, 1.165) is 25.3 Å². The highest BCUT2D eigenvalue weighted by Gasteiger charge is 2.12. The molecular weight excluding hydrogens is 302 g/mol. The van der Waals surface area contributed by atoms with Crippen LogP contribution < -0.4 is 5.48 Å². The van der Waals surface area contributed by atoms with Gasteiger partial charge in [0.1, 0.15) is 0 Å². The van der Waals surface area contributed by atoms with Gasteiger partial charge in [0.15, 0.2) is 0 Å². The van der Waals surface area contributed by atoms with Crippen molar-refractivity contribution in [2.45, 2.75) is 77.6 Å². The third-order valence-corrected chi connectivity index (χ3v) is 4.58. The van der Waals surface area contributed by atoms with Crippen LogP contribution in [0, 0.1) is 0 Å². The molecule has 0 aromatic carbocycles. The first-order valence-corrected chi connectivity index (χ1v) is 9.93. The van der Waals surface area contributed by atoms with Crippen LogP contribution in [0.25, 0.3) is 0 Å². The number of unbranched alkanes of at least 4 members (excludes halogenated alkanes) is 10. The van der Waals surface area contributed by atoms with Gasteiger partial charge in [-0.1, -0.05) is 77.7 Å². The van der Waals surface area contributed by atoms with Crippen LogP contribution >= 0.6 is 0 Å². The second-order valence-electron chi connectivity index (χ2n) is 5.55. The predicted molar refractivity (Wildman–Crippen MR) is 89.7 cm³/mol. The largest absolute Gasteiger partial charge is 0.287 e. The summed E-state index contributed by atoms with van der Waals surface area (Å²) in [6.07, 6.45) is 13.7. The van der Waals surface area contributed by atoms with E-state index in [2.05, 4.69) is 17.8 Å². The third-order valence-electron chi connectivity index (χ3n) is 3.45. The van der Waals surface area contributed by atoms with E-state index in [1.165, 1.54) is 44.9 Å². The lowest BCUT2D eigenvalue weighted by atomic mass is 10.1. The molecule has 5 nitrogen and oxygen atoms in total. The number of nitrogens with one attached hydrogen (secondary N) is 1. The Kier molecular flexibility index (Phi) is 13.2. The van der Waals surface area contributed by atoms with Crippen molar-refractivity contribution in [2.75, 3.05) is 5.75 Å². The number of rotatable bonds is 15. The van der Waals surface area contributed by atoms with Gasteiger partial charge in [0, 0.05) is 0 Å². The van der Waals surface area contributed by atoms with Crippen LogP contribution in [0.5, 0.6) is 0 Å². The Bertz CT molecular complexity index is 393. The average Bonchev–Trinajstić information content (AvgIpc) is 2.50. The van der Waals surface area contributed by atoms with Gasteiger partial charge in [0.25, 0.3) is 16.0 Å². The summed E-state index contributed by atoms with van der Waals surface area (Å²) < 4.78 is 27.3. The molecular formula is C16H31NO4S. The molecule has 130 valence electrons. The number of hydroxylamine groups is 1. The smallest absolute Gasteiger partial charge is 0.268 e. The molecule has 0 unspecified atom stereocenters. The Hall–Kier alpha value is -0.880. The van der Waals surface area contributed by atoms with E-state index in [4.69, 9.17) is 0 Å². The van der Waals surface area contributed by atoms with E-state index < -0.39 is 16.0 Å². The quantitative estimate of drug-likeness (QED) is 0.280. The molecule has 0 aromatic rings. The van der Waals surface area contributed by atoms with Crippen LogP contribution in [0.2, 0.25) is 0 Å². The first-order valence-electron chi connectivity index (χ1n) is 8.35. The number of carbonyl (C=O) groups is 1. The summed E-state index contributed by atoms with van der Waals surface area (Å²) in [5, 5.41) is 0. The Balaban J connectivity index is 3.41. The van der Waals surface area contributed by atoms with Crippen molar-refractivity contribution in [1.82, 2.24) is 5.48 Å². The van der Waals surface area contributed by atoms with Crippen molar-refractivity contribution in [3.05, 3.63) is 12.7 Å². The summed E-state index contributed by atoms with van der Waals surface area (Å²) in [6.45, 7) is 5.43. The zero-order chi connectivity index (χ0) is 16.7. The van der Waals surface area contributed by atoms with Gasteiger partial charge >= 0.3 is 0 Å². The van der Waals surface area contributed by atoms with Crippen LogP contribution in [0.4, 0.5) is 0 Å². The van der Waals surface area contributed by atoms with Crippen molar-refractivity contribution in [1.29, 1.82) is 0 Å². The zero-order valence-corrected chi connectivity index (χ0v) is 14.6. The van der Waals surface area contributed by atoms with Gasteiger partial charge in [-0.15, -0.1) is 4.28 Å². The lowest BCUT2D eigenvalue weighted by molar-refractivity contribution is -0.122. The first-order chi connectivity index (χ1) is 10.5. The standard InChI is InChI=1S/C16H31NO4S/c1-3-5-6-7-8-9-10-11-12-13-14-15-22(19,20)21-17-16(18)4-2/h4H,2-3,5-15H2,1H3,(H,17,18). The van der Waals surface area contributed by atoms with Gasteiger partial charge in [0.05, 0.1) is 5.75 Å². The Morgan fingerprint density at radius 1 is 0.955 bits per heavy atom. The Labute approximate surface area is 135 Å². The predicted octanol–water partition coefficient (Wildman–Crippen LogP) is 3.86. The maximum absolute atomic E-state index is 11.4. The molecule has 0 aliphatic carbocycles. The lowest BCUT2D eigenvalue weighted by Crippen LogP contribution is -2.26. The summed E-state index contributed by atoms with van der Waals surface area (Å²) >= 11 is 0. The SMILES string of the molecule is C=CC(=O)NOS(=O)(=O)CCCCCCCCCCCCC. The second kappa shape index (κ2) is 13.8. The van der Waals surface area contributed by atoms with Gasteiger partial charge in [-0.2, -0.15) is 8.42 Å². The van der Waals surface area contributed by atoms with Crippen molar-refractivity contribution in [2.24, 2.45) is 0 Å². The van der Waals surface area contributed by atoms with Crippen LogP contribution in [0.1, 0.15) is 77.6 Å². The molecule has 0 aliphatic rings. The van der Waals surface area contributed by atoms with Crippen molar-refractivity contribution in [3.63, 3.8) is 0 Å². The maximum Gasteiger partial charge on any atom is 0.287 e. The lowest BCUT2D eigenvalue weighted by Gasteiger charge is -2.05. The summed E-state index contributed by atoms with van der Waals surface area (Å²) in [5.41, 5.74) is 1.82. The minimum Gasteiger partial charge on any atom is -0.268 e. The van der Waals surface area contributed by atoms with E-state index >= 15 is 0 Å². The highest BCUT2D eigenvalue weighted by Crippen LogP contribution is 2.11. The molecule has 6 heteroatoms. The van der Waals surface area contributed by atoms with Crippen LogP contribution in [-0.4, -0.2) is 20.1 Å². The monoisotopic (exact) mass is 333 g/mol. The average molecular weight is 333 g/mol. The minimum atomic E-state index is -3.68. The van der Waals surface area contributed by atoms with Gasteiger partial charge in [-0.3, -0.25) is 4.79 Å². The highest BCUT2D eigenvalue weighted by atomic mass is 32.2. The van der Waals surface area contributed by atoms with E-state index in [0.29, 0.717) is 6.42 Å². The summed E-state index contributed by atoms with van der Waals surface area (Å²) in [6, 6.07) is 0. The molecule has 0 fully saturated rings. The summed E-state index contributed by atoms with van der Waals surface area (Å²) in [4.78, 5) is 10.8. The molecule has 0 heterocycles. The minimum absolute atomic E-state index is 0.0680. The van der Waals surface area contributed by atoms with E-state index in [9.17, 15) is 13.2 Å². The van der Waals surface area contributed by atoms with Crippen molar-refractivity contribution >= 4 is 16.0 Å². The number of amides is 1. The molecule has 0 saturated carbocycles. The fourth-order valence-corrected chi connectivity index (χ4v) is 2.98. The Morgan fingerprint density at radius 2 is 1.41 bits per heavy atom. The van der Waals surface area contributed by atoms with Gasteiger partial charge in [-0.25, -0.2) is 5.48 Å². The molecule has 0 spiro atoms. The number of hydrogen-bond donors (Lipinski definition) is 1. The van der Waals surface area contributed by atoms with Crippen molar-refractivity contribution in [3.8, 4) is 0 Å². The molecule has 0 radical (unpaired) electrons. The third kappa shape index (κ3) is 14.1. The fourth-order valence-electron chi connectivity index (χ4n) is 2.13. The van der Waals surface area contributed by atoms with E-state index in [1.54, 1.807) is 0 Å². The van der Waals surface area contributed by atoms with Crippen LogP contribution in [-0.2, 0) is 19.2 Å². The maximum atomic E-state index is 11.4. The van der Waals surface area contributed by atoms with Crippen LogP contribution in [0.15, 0.2) is 12.7 Å². The van der Waals surface area contributed by atoms with Crippen LogP contribution in [0.3, 0.4) is 0 Å². The summed E-state index contributed by atoms with van der Waals surface area (Å²) in [7, 11) is -3.68. The van der Waals surface area contributed by atoms with Gasteiger partial charge < -0.3 is 0 Å². The topological polar surface area (TPSA) is 72.5 Å². The first kappa shape index (κ1) is 21.1. The molecule has 0 rings (SSSR count). The van der Waals surface area contributed by atoms with Gasteiger partial charge in [-0.05, 0) is 12.5 Å². The highest BCUT2D eigenvalue weighted by molar-refractivity contribution is 7.86. The summed E-state index contributed by atoms with van der Waals surface area (Å²) in [5.74, 6) is -0.732. The van der Waals surface area contributed by atoms with Gasteiger partial charge in [0.2, 0.25) is 0 Å². The number of hydrogen-bond acceptors (Lipinski definition) is 4. The molecule has 0 aliphatic heterocycles. The molecule has 1 N–H and O–H groups in total. The van der Waals surface area contributed by atoms with E-state index in [-0.39, 0.29) is 5.75 Å². The fraction of sp³-hybridized carbons (Fsp3) is 0.812. The normalized spacial score (nSPS) is 11.3. The molecule has 0 saturated heterocycles. The zero-order valence-electron chi connectivity index (χ0n) is 13.8.